The number of carbonyl (C=O) groups is 1. The lowest BCUT2D eigenvalue weighted by atomic mass is 9.32. The Balaban J connectivity index is 1.48. The number of hydroxylamine groups is 1. The number of hydrogen-bond acceptors (Lipinski definition) is 4. The third kappa shape index (κ3) is 3.52. The molecule has 1 aromatic rings. The summed E-state index contributed by atoms with van der Waals surface area (Å²) in [7, 11) is 0. The molecule has 0 aliphatic heterocycles. The fraction of sp³-hybridized carbons (Fsp3) is 0.818. The van der Waals surface area contributed by atoms with E-state index in [0.29, 0.717) is 17.8 Å². The lowest BCUT2D eigenvalue weighted by molar-refractivity contribution is -0.234. The minimum absolute atomic E-state index is 0.0264. The van der Waals surface area contributed by atoms with Crippen molar-refractivity contribution in [1.82, 2.24) is 10.6 Å². The Morgan fingerprint density at radius 3 is 2.50 bits per heavy atom. The van der Waals surface area contributed by atoms with Gasteiger partial charge in [0.15, 0.2) is 0 Å². The van der Waals surface area contributed by atoms with E-state index >= 15 is 0 Å². The molecule has 0 saturated heterocycles. The summed E-state index contributed by atoms with van der Waals surface area (Å²) < 4.78 is 5.93. The smallest absolute Gasteiger partial charge is 0.249 e. The molecule has 4 aliphatic carbocycles. The Bertz CT molecular complexity index is 1090. The van der Waals surface area contributed by atoms with Crippen LogP contribution in [0.15, 0.2) is 22.9 Å². The van der Waals surface area contributed by atoms with Crippen LogP contribution in [0.25, 0.3) is 0 Å². The van der Waals surface area contributed by atoms with Crippen LogP contribution in [0.4, 0.5) is 0 Å². The van der Waals surface area contributed by atoms with Gasteiger partial charge in [0.05, 0.1) is 11.6 Å². The van der Waals surface area contributed by atoms with Gasteiger partial charge in [-0.1, -0.05) is 65.3 Å². The summed E-state index contributed by atoms with van der Waals surface area (Å²) in [6.07, 6.45) is 13.9. The number of aromatic nitrogens is 1. The number of nitrogens with zero attached hydrogens (tertiary/aromatic N) is 1. The number of amides is 1. The molecule has 4 fully saturated rings. The Morgan fingerprint density at radius 2 is 1.84 bits per heavy atom. The van der Waals surface area contributed by atoms with Crippen LogP contribution in [0, 0.1) is 45.3 Å². The van der Waals surface area contributed by atoms with Crippen molar-refractivity contribution in [3.05, 3.63) is 29.7 Å². The highest BCUT2D eigenvalue weighted by molar-refractivity contribution is 5.83. The molecule has 0 bridgehead atoms. The van der Waals surface area contributed by atoms with Crippen molar-refractivity contribution in [2.75, 3.05) is 0 Å². The zero-order chi connectivity index (χ0) is 27.7. The van der Waals surface area contributed by atoms with Gasteiger partial charge in [0.1, 0.15) is 5.76 Å². The van der Waals surface area contributed by atoms with Gasteiger partial charge < -0.3 is 4.52 Å². The fourth-order valence-electron chi connectivity index (χ4n) is 11.1. The van der Waals surface area contributed by atoms with Gasteiger partial charge >= 0.3 is 0 Å². The first-order chi connectivity index (χ1) is 17.8. The quantitative estimate of drug-likeness (QED) is 0.224. The highest BCUT2D eigenvalue weighted by atomic mass is 16.5. The molecule has 38 heavy (non-hydrogen) atoms. The summed E-state index contributed by atoms with van der Waals surface area (Å²) in [5.74, 6) is 2.77. The van der Waals surface area contributed by atoms with Crippen molar-refractivity contribution in [2.24, 2.45) is 45.3 Å². The molecule has 1 amide bonds. The van der Waals surface area contributed by atoms with Gasteiger partial charge in [0.2, 0.25) is 5.91 Å². The summed E-state index contributed by atoms with van der Waals surface area (Å²) in [4.78, 5) is 13.4. The number of allylic oxidation sites excluding steroid dienone is 1. The Kier molecular flexibility index (Phi) is 6.77. The van der Waals surface area contributed by atoms with Crippen LogP contribution >= 0.6 is 0 Å². The second-order valence-corrected chi connectivity index (χ2v) is 15.1. The summed E-state index contributed by atoms with van der Waals surface area (Å²) in [6, 6.07) is 0. The second kappa shape index (κ2) is 9.21. The standard InChI is InChI=1S/C33H52N2O3/c1-9-10-22-20-34-38-27(22)29(4,5)23-11-14-30(6)24(19-23)12-15-31(7)26-25(21(2)3)13-16-33(26,28(36)35-37)18-17-32(30,31)8/h20,23-26,37H,2,9-19H2,1,3-8H3,(H,35,36)/t23-,24-,25+,26-,30-,31-,32+,33+/m1/s1. The highest BCUT2D eigenvalue weighted by Gasteiger charge is 2.73. The minimum Gasteiger partial charge on any atom is -0.361 e. The van der Waals surface area contributed by atoms with Gasteiger partial charge in [-0.25, -0.2) is 5.48 Å². The number of nitrogens with one attached hydrogen (secondary N) is 1. The average Bonchev–Trinajstić information content (AvgIpc) is 3.52. The second-order valence-electron chi connectivity index (χ2n) is 15.1. The zero-order valence-corrected chi connectivity index (χ0v) is 25.1. The number of rotatable bonds is 6. The maximum atomic E-state index is 13.4. The van der Waals surface area contributed by atoms with Crippen LogP contribution in [0.1, 0.15) is 124 Å². The molecular formula is C33H52N2O3. The van der Waals surface area contributed by atoms with E-state index in [-0.39, 0.29) is 33.5 Å². The Morgan fingerprint density at radius 1 is 1.13 bits per heavy atom. The predicted molar refractivity (Wildman–Crippen MR) is 151 cm³/mol. The van der Waals surface area contributed by atoms with Crippen LogP contribution in [-0.2, 0) is 16.6 Å². The maximum Gasteiger partial charge on any atom is 0.249 e. The van der Waals surface area contributed by atoms with Crippen molar-refractivity contribution in [3.8, 4) is 0 Å². The molecule has 4 aliphatic rings. The molecule has 5 nitrogen and oxygen atoms in total. The predicted octanol–water partition coefficient (Wildman–Crippen LogP) is 8.02. The minimum atomic E-state index is -0.475. The van der Waals surface area contributed by atoms with E-state index in [1.807, 2.05) is 6.20 Å². The van der Waals surface area contributed by atoms with E-state index < -0.39 is 5.41 Å². The third-order valence-electron chi connectivity index (χ3n) is 13.6. The van der Waals surface area contributed by atoms with Crippen LogP contribution in [-0.4, -0.2) is 16.3 Å². The van der Waals surface area contributed by atoms with Crippen LogP contribution < -0.4 is 5.48 Å². The SMILES string of the molecule is C=C(C)[C@@H]1CC[C@]2(C(=O)NO)CC[C@@]3(C)[C@]4(C)CC[C@@H](C(C)(C)c5oncc5CCC)C[C@H]4CC[C@]3(C)[C@@H]12. The molecule has 5 heteroatoms. The summed E-state index contributed by atoms with van der Waals surface area (Å²) in [6.45, 7) is 21.2. The average molecular weight is 525 g/mol. The molecular weight excluding hydrogens is 472 g/mol. The molecule has 2 N–H and O–H groups in total. The largest absolute Gasteiger partial charge is 0.361 e. The lowest BCUT2D eigenvalue weighted by Gasteiger charge is -2.72. The molecule has 1 aromatic heterocycles. The van der Waals surface area contributed by atoms with E-state index in [0.717, 1.165) is 50.7 Å². The normalized spacial score (nSPS) is 42.6. The monoisotopic (exact) mass is 524 g/mol. The maximum absolute atomic E-state index is 13.4. The Labute approximate surface area is 230 Å². The van der Waals surface area contributed by atoms with Gasteiger partial charge in [-0.05, 0) is 111 Å². The summed E-state index contributed by atoms with van der Waals surface area (Å²) in [5.41, 5.74) is 4.50. The molecule has 1 heterocycles. The molecule has 0 unspecified atom stereocenters. The lowest BCUT2D eigenvalue weighted by Crippen LogP contribution is -2.67. The number of hydrogen-bond donors (Lipinski definition) is 2. The van der Waals surface area contributed by atoms with Crippen LogP contribution in [0.3, 0.4) is 0 Å². The molecule has 4 saturated carbocycles. The molecule has 5 rings (SSSR count). The molecule has 8 atom stereocenters. The van der Waals surface area contributed by atoms with Crippen molar-refractivity contribution in [2.45, 2.75) is 125 Å². The van der Waals surface area contributed by atoms with Gasteiger partial charge in [-0.2, -0.15) is 0 Å². The zero-order valence-electron chi connectivity index (χ0n) is 25.1. The van der Waals surface area contributed by atoms with E-state index in [1.54, 1.807) is 0 Å². The van der Waals surface area contributed by atoms with Crippen LogP contribution in [0.5, 0.6) is 0 Å². The van der Waals surface area contributed by atoms with Crippen molar-refractivity contribution in [1.29, 1.82) is 0 Å². The first kappa shape index (κ1) is 27.9. The van der Waals surface area contributed by atoms with Crippen LogP contribution in [0.2, 0.25) is 0 Å². The number of fused-ring (bicyclic) bond motifs is 5. The van der Waals surface area contributed by atoms with Gasteiger partial charge in [-0.15, -0.1) is 0 Å². The molecule has 212 valence electrons. The number of carbonyl (C=O) groups excluding carboxylic acids is 1. The molecule has 0 radical (unpaired) electrons. The summed E-state index contributed by atoms with van der Waals surface area (Å²) in [5, 5.41) is 14.1. The Hall–Kier alpha value is -1.62. The third-order valence-corrected chi connectivity index (χ3v) is 13.6. The highest BCUT2D eigenvalue weighted by Crippen LogP contribution is 2.78. The van der Waals surface area contributed by atoms with Gasteiger partial charge in [-0.3, -0.25) is 10.0 Å². The molecule has 0 aromatic carbocycles. The van der Waals surface area contributed by atoms with Crippen molar-refractivity contribution >= 4 is 5.91 Å². The number of aryl methyl sites for hydroxylation is 1. The molecule has 0 spiro atoms. The van der Waals surface area contributed by atoms with Crippen molar-refractivity contribution in [3.63, 3.8) is 0 Å². The van der Waals surface area contributed by atoms with E-state index in [1.165, 1.54) is 36.8 Å². The first-order valence-corrected chi connectivity index (χ1v) is 15.4. The van der Waals surface area contributed by atoms with E-state index in [9.17, 15) is 10.0 Å². The van der Waals surface area contributed by atoms with Gasteiger partial charge in [0.25, 0.3) is 0 Å². The topological polar surface area (TPSA) is 75.4 Å². The van der Waals surface area contributed by atoms with E-state index in [4.69, 9.17) is 4.52 Å². The van der Waals surface area contributed by atoms with Crippen molar-refractivity contribution < 1.29 is 14.5 Å². The first-order valence-electron chi connectivity index (χ1n) is 15.4. The fourth-order valence-corrected chi connectivity index (χ4v) is 11.1. The van der Waals surface area contributed by atoms with Gasteiger partial charge in [0, 0.05) is 11.0 Å². The summed E-state index contributed by atoms with van der Waals surface area (Å²) >= 11 is 0. The van der Waals surface area contributed by atoms with E-state index in [2.05, 4.69) is 65.7 Å².